The van der Waals surface area contributed by atoms with E-state index < -0.39 is 0 Å². The summed E-state index contributed by atoms with van der Waals surface area (Å²) in [6.45, 7) is 1.93. The summed E-state index contributed by atoms with van der Waals surface area (Å²) in [5.74, 6) is 0.602. The van der Waals surface area contributed by atoms with E-state index in [9.17, 15) is 4.79 Å². The summed E-state index contributed by atoms with van der Waals surface area (Å²) in [5.41, 5.74) is 1.64. The van der Waals surface area contributed by atoms with E-state index in [-0.39, 0.29) is 11.6 Å². The maximum Gasteiger partial charge on any atom is 0.264 e. The summed E-state index contributed by atoms with van der Waals surface area (Å²) in [4.78, 5) is 26.5. The van der Waals surface area contributed by atoms with Crippen molar-refractivity contribution in [3.05, 3.63) is 99.3 Å². The van der Waals surface area contributed by atoms with Gasteiger partial charge in [0.05, 0.1) is 32.6 Å². The van der Waals surface area contributed by atoms with Crippen LogP contribution in [0.4, 0.5) is 5.82 Å². The van der Waals surface area contributed by atoms with Crippen molar-refractivity contribution in [2.45, 2.75) is 13.0 Å². The highest BCUT2D eigenvalue weighted by Gasteiger charge is 2.23. The Hall–Kier alpha value is -3.48. The lowest BCUT2D eigenvalue weighted by molar-refractivity contribution is 0.774. The first kappa shape index (κ1) is 20.4. The second kappa shape index (κ2) is 8.22. The molecule has 32 heavy (non-hydrogen) atoms. The topological polar surface area (TPSA) is 72.7 Å². The number of nitrogens with zero attached hydrogens (tertiary/aromatic N) is 4. The van der Waals surface area contributed by atoms with Gasteiger partial charge in [-0.15, -0.1) is 0 Å². The molecule has 2 aromatic carbocycles. The first-order chi connectivity index (χ1) is 15.6. The third kappa shape index (κ3) is 3.38. The molecule has 5 rings (SSSR count). The number of halogens is 2. The molecule has 5 aromatic rings. The van der Waals surface area contributed by atoms with Crippen LogP contribution in [-0.4, -0.2) is 19.5 Å². The second-order valence-electron chi connectivity index (χ2n) is 7.30. The van der Waals surface area contributed by atoms with Gasteiger partial charge in [0.15, 0.2) is 5.65 Å². The number of hydrogen-bond donors (Lipinski definition) is 1. The number of anilines is 1. The van der Waals surface area contributed by atoms with Gasteiger partial charge < -0.3 is 5.32 Å². The van der Waals surface area contributed by atoms with Gasteiger partial charge in [-0.2, -0.15) is 0 Å². The molecule has 0 aliphatic rings. The minimum Gasteiger partial charge on any atom is -0.361 e. The highest BCUT2D eigenvalue weighted by atomic mass is 35.5. The molecule has 1 atom stereocenters. The van der Waals surface area contributed by atoms with Gasteiger partial charge in [-0.05, 0) is 37.3 Å². The Balaban J connectivity index is 1.76. The van der Waals surface area contributed by atoms with Gasteiger partial charge in [0.2, 0.25) is 0 Å². The number of hydrogen-bond acceptors (Lipinski definition) is 5. The van der Waals surface area contributed by atoms with E-state index in [4.69, 9.17) is 23.2 Å². The zero-order valence-corrected chi connectivity index (χ0v) is 18.5. The van der Waals surface area contributed by atoms with E-state index >= 15 is 0 Å². The van der Waals surface area contributed by atoms with Crippen LogP contribution in [0.2, 0.25) is 10.0 Å². The molecule has 0 aliphatic heterocycles. The average molecular weight is 462 g/mol. The summed E-state index contributed by atoms with van der Waals surface area (Å²) < 4.78 is 1.61. The molecule has 0 spiro atoms. The molecule has 0 radical (unpaired) electrons. The monoisotopic (exact) mass is 461 g/mol. The van der Waals surface area contributed by atoms with Crippen LogP contribution in [0.15, 0.2) is 78.0 Å². The van der Waals surface area contributed by atoms with Crippen LogP contribution in [0.25, 0.3) is 27.5 Å². The maximum absolute atomic E-state index is 13.6. The first-order valence-corrected chi connectivity index (χ1v) is 10.7. The Morgan fingerprint density at radius 3 is 2.50 bits per heavy atom. The van der Waals surface area contributed by atoms with E-state index in [0.717, 1.165) is 5.39 Å². The van der Waals surface area contributed by atoms with Gasteiger partial charge in [-0.3, -0.25) is 9.36 Å². The largest absolute Gasteiger partial charge is 0.361 e. The normalized spacial score (nSPS) is 12.2. The van der Waals surface area contributed by atoms with Crippen molar-refractivity contribution < 1.29 is 0 Å². The molecule has 0 saturated carbocycles. The van der Waals surface area contributed by atoms with Gasteiger partial charge in [0.1, 0.15) is 12.1 Å². The van der Waals surface area contributed by atoms with Gasteiger partial charge >= 0.3 is 0 Å². The third-order valence-corrected chi connectivity index (χ3v) is 6.03. The number of para-hydroxylation sites is 1. The van der Waals surface area contributed by atoms with E-state index in [1.54, 1.807) is 29.0 Å². The Morgan fingerprint density at radius 2 is 1.69 bits per heavy atom. The lowest BCUT2D eigenvalue weighted by Crippen LogP contribution is -2.26. The molecule has 8 heteroatoms. The lowest BCUT2D eigenvalue weighted by Gasteiger charge is -2.23. The van der Waals surface area contributed by atoms with Crippen molar-refractivity contribution in [1.82, 2.24) is 19.5 Å². The maximum atomic E-state index is 13.6. The van der Waals surface area contributed by atoms with E-state index in [0.29, 0.717) is 43.7 Å². The van der Waals surface area contributed by atoms with Crippen LogP contribution in [0, 0.1) is 0 Å². The van der Waals surface area contributed by atoms with E-state index in [2.05, 4.69) is 20.3 Å². The Bertz CT molecular complexity index is 1510. The Labute approximate surface area is 193 Å². The number of pyridine rings is 2. The van der Waals surface area contributed by atoms with Crippen LogP contribution in [0.5, 0.6) is 0 Å². The summed E-state index contributed by atoms with van der Waals surface area (Å²) in [6.07, 6.45) is 3.13. The highest BCUT2D eigenvalue weighted by molar-refractivity contribution is 6.40. The molecule has 6 nitrogen and oxygen atoms in total. The molecule has 0 aliphatic carbocycles. The molecule has 3 aromatic heterocycles. The minimum atomic E-state index is -0.378. The zero-order valence-electron chi connectivity index (χ0n) is 17.0. The fourth-order valence-electron chi connectivity index (χ4n) is 3.88. The standard InChI is InChI=1S/C24H17Cl2N5O/c1-14(30-23-17-10-6-12-27-22(17)28-13-29-23)21-20(26)16-9-5-11-18(25)19(16)24(32)31(21)15-7-3-2-4-8-15/h2-14H,1H3,(H,27,28,29,30). The molecule has 158 valence electrons. The first-order valence-electron chi connectivity index (χ1n) is 9.96. The smallest absolute Gasteiger partial charge is 0.264 e. The number of benzene rings is 2. The van der Waals surface area contributed by atoms with Crippen LogP contribution >= 0.6 is 23.2 Å². The van der Waals surface area contributed by atoms with Crippen molar-refractivity contribution in [2.24, 2.45) is 0 Å². The summed E-state index contributed by atoms with van der Waals surface area (Å²) in [7, 11) is 0. The predicted molar refractivity (Wildman–Crippen MR) is 129 cm³/mol. The number of fused-ring (bicyclic) bond motifs is 2. The highest BCUT2D eigenvalue weighted by Crippen LogP contribution is 2.35. The van der Waals surface area contributed by atoms with Crippen molar-refractivity contribution in [3.63, 3.8) is 0 Å². The molecule has 3 heterocycles. The fourth-order valence-corrected chi connectivity index (χ4v) is 4.54. The molecule has 0 saturated heterocycles. The lowest BCUT2D eigenvalue weighted by atomic mass is 10.1. The number of aromatic nitrogens is 4. The van der Waals surface area contributed by atoms with Crippen LogP contribution < -0.4 is 10.9 Å². The van der Waals surface area contributed by atoms with Crippen molar-refractivity contribution >= 4 is 50.8 Å². The minimum absolute atomic E-state index is 0.237. The Morgan fingerprint density at radius 1 is 0.906 bits per heavy atom. The van der Waals surface area contributed by atoms with E-state index in [1.165, 1.54) is 6.33 Å². The van der Waals surface area contributed by atoms with Gasteiger partial charge in [0, 0.05) is 17.3 Å². The Kier molecular flexibility index (Phi) is 5.25. The predicted octanol–water partition coefficient (Wildman–Crippen LogP) is 5.81. The average Bonchev–Trinajstić information content (AvgIpc) is 2.82. The van der Waals surface area contributed by atoms with Crippen molar-refractivity contribution in [3.8, 4) is 5.69 Å². The molecular formula is C24H17Cl2N5O. The van der Waals surface area contributed by atoms with Crippen LogP contribution in [0.1, 0.15) is 18.7 Å². The summed E-state index contributed by atoms with van der Waals surface area (Å²) >= 11 is 13.3. The molecule has 0 fully saturated rings. The van der Waals surface area contributed by atoms with E-state index in [1.807, 2.05) is 49.4 Å². The molecule has 1 unspecified atom stereocenters. The van der Waals surface area contributed by atoms with Crippen LogP contribution in [0.3, 0.4) is 0 Å². The number of rotatable bonds is 4. The van der Waals surface area contributed by atoms with Gasteiger partial charge in [-0.1, -0.05) is 53.5 Å². The zero-order chi connectivity index (χ0) is 22.2. The van der Waals surface area contributed by atoms with Gasteiger partial charge in [-0.25, -0.2) is 15.0 Å². The summed E-state index contributed by atoms with van der Waals surface area (Å²) in [6, 6.07) is 18.0. The van der Waals surface area contributed by atoms with Crippen molar-refractivity contribution in [1.29, 1.82) is 0 Å². The molecular weight excluding hydrogens is 445 g/mol. The second-order valence-corrected chi connectivity index (χ2v) is 8.09. The number of nitrogens with one attached hydrogen (secondary N) is 1. The van der Waals surface area contributed by atoms with Crippen molar-refractivity contribution in [2.75, 3.05) is 5.32 Å². The van der Waals surface area contributed by atoms with Crippen LogP contribution in [-0.2, 0) is 0 Å². The third-order valence-electron chi connectivity index (χ3n) is 5.32. The van der Waals surface area contributed by atoms with Gasteiger partial charge in [0.25, 0.3) is 5.56 Å². The summed E-state index contributed by atoms with van der Waals surface area (Å²) in [5, 5.41) is 5.96. The SMILES string of the molecule is CC(Nc1ncnc2ncccc12)c1c(Cl)c2cccc(Cl)c2c(=O)n1-c1ccccc1. The molecule has 1 N–H and O–H groups in total. The molecule has 0 amide bonds. The quantitative estimate of drug-likeness (QED) is 0.365. The molecule has 0 bridgehead atoms. The fraction of sp³-hybridized carbons (Fsp3) is 0.0833.